The van der Waals surface area contributed by atoms with Gasteiger partial charge in [0.2, 0.25) is 0 Å². The van der Waals surface area contributed by atoms with Crippen molar-refractivity contribution >= 4 is 11.6 Å². The third-order valence-electron chi connectivity index (χ3n) is 4.15. The Bertz CT molecular complexity index is 653. The molecule has 0 aliphatic carbocycles. The van der Waals surface area contributed by atoms with Crippen molar-refractivity contribution in [1.82, 2.24) is 9.97 Å². The Morgan fingerprint density at radius 1 is 1.17 bits per heavy atom. The molecule has 0 radical (unpaired) electrons. The molecule has 1 aromatic heterocycles. The summed E-state index contributed by atoms with van der Waals surface area (Å²) in [6.45, 7) is 4.95. The van der Waals surface area contributed by atoms with E-state index in [1.165, 1.54) is 18.4 Å². The van der Waals surface area contributed by atoms with Crippen LogP contribution in [-0.4, -0.2) is 36.7 Å². The van der Waals surface area contributed by atoms with Gasteiger partial charge in [-0.25, -0.2) is 9.97 Å². The molecule has 0 amide bonds. The van der Waals surface area contributed by atoms with Gasteiger partial charge in [-0.05, 0) is 37.8 Å². The van der Waals surface area contributed by atoms with Gasteiger partial charge in [-0.1, -0.05) is 18.2 Å². The molecule has 0 bridgehead atoms. The summed E-state index contributed by atoms with van der Waals surface area (Å²) in [6.07, 6.45) is 3.39. The van der Waals surface area contributed by atoms with Crippen LogP contribution in [0.3, 0.4) is 0 Å². The van der Waals surface area contributed by atoms with Crippen LogP contribution in [0.1, 0.15) is 24.2 Å². The van der Waals surface area contributed by atoms with Gasteiger partial charge in [0.1, 0.15) is 23.2 Å². The number of hydrogen-bond donors (Lipinski definition) is 1. The SMILES string of the molecule is COc1ccccc1CCNc1cc(N2CCCC2)nc(C)n1. The molecular formula is C18H24N4O. The first kappa shape index (κ1) is 15.6. The van der Waals surface area contributed by atoms with E-state index in [1.807, 2.05) is 25.1 Å². The van der Waals surface area contributed by atoms with Crippen molar-refractivity contribution in [2.45, 2.75) is 26.2 Å². The minimum atomic E-state index is 0.814. The number of nitrogens with zero attached hydrogens (tertiary/aromatic N) is 3. The molecule has 1 N–H and O–H groups in total. The molecule has 2 aromatic rings. The number of anilines is 2. The van der Waals surface area contributed by atoms with Gasteiger partial charge in [0.15, 0.2) is 0 Å². The average molecular weight is 312 g/mol. The van der Waals surface area contributed by atoms with Crippen molar-refractivity contribution < 1.29 is 4.74 Å². The monoisotopic (exact) mass is 312 g/mol. The maximum absolute atomic E-state index is 5.39. The molecular weight excluding hydrogens is 288 g/mol. The zero-order valence-corrected chi connectivity index (χ0v) is 13.9. The quantitative estimate of drug-likeness (QED) is 0.888. The summed E-state index contributed by atoms with van der Waals surface area (Å²) in [7, 11) is 1.71. The number of nitrogens with one attached hydrogen (secondary N) is 1. The fraction of sp³-hybridized carbons (Fsp3) is 0.444. The largest absolute Gasteiger partial charge is 0.496 e. The van der Waals surface area contributed by atoms with E-state index >= 15 is 0 Å². The molecule has 0 unspecified atom stereocenters. The maximum Gasteiger partial charge on any atom is 0.134 e. The molecule has 1 fully saturated rings. The first-order valence-electron chi connectivity index (χ1n) is 8.22. The van der Waals surface area contributed by atoms with Gasteiger partial charge in [-0.15, -0.1) is 0 Å². The van der Waals surface area contributed by atoms with E-state index in [9.17, 15) is 0 Å². The van der Waals surface area contributed by atoms with Crippen LogP contribution in [0.25, 0.3) is 0 Å². The lowest BCUT2D eigenvalue weighted by molar-refractivity contribution is 0.410. The number of ether oxygens (including phenoxy) is 1. The summed E-state index contributed by atoms with van der Waals surface area (Å²) in [5.41, 5.74) is 1.20. The zero-order valence-electron chi connectivity index (χ0n) is 13.9. The van der Waals surface area contributed by atoms with Crippen LogP contribution in [0, 0.1) is 6.92 Å². The van der Waals surface area contributed by atoms with Gasteiger partial charge in [0.05, 0.1) is 7.11 Å². The fourth-order valence-corrected chi connectivity index (χ4v) is 2.99. The second-order valence-corrected chi connectivity index (χ2v) is 5.84. The number of methoxy groups -OCH3 is 1. The Morgan fingerprint density at radius 3 is 2.74 bits per heavy atom. The van der Waals surface area contributed by atoms with Crippen LogP contribution in [0.15, 0.2) is 30.3 Å². The standard InChI is InChI=1S/C18H24N4O/c1-14-20-17(13-18(21-14)22-11-5-6-12-22)19-10-9-15-7-3-4-8-16(15)23-2/h3-4,7-8,13H,5-6,9-12H2,1-2H3,(H,19,20,21). The zero-order chi connectivity index (χ0) is 16.1. The molecule has 1 saturated heterocycles. The molecule has 0 saturated carbocycles. The Morgan fingerprint density at radius 2 is 1.96 bits per heavy atom. The minimum absolute atomic E-state index is 0.814. The molecule has 5 heteroatoms. The predicted octanol–water partition coefficient (Wildman–Crippen LogP) is 3.05. The lowest BCUT2D eigenvalue weighted by Gasteiger charge is -2.18. The minimum Gasteiger partial charge on any atom is -0.496 e. The number of aromatic nitrogens is 2. The highest BCUT2D eigenvalue weighted by molar-refractivity contribution is 5.50. The molecule has 0 spiro atoms. The van der Waals surface area contributed by atoms with Crippen LogP contribution >= 0.6 is 0 Å². The van der Waals surface area contributed by atoms with Crippen LogP contribution in [0.4, 0.5) is 11.6 Å². The lowest BCUT2D eigenvalue weighted by Crippen LogP contribution is -2.20. The second-order valence-electron chi connectivity index (χ2n) is 5.84. The maximum atomic E-state index is 5.39. The van der Waals surface area contributed by atoms with Crippen molar-refractivity contribution in [1.29, 1.82) is 0 Å². The molecule has 0 atom stereocenters. The summed E-state index contributed by atoms with van der Waals surface area (Å²) < 4.78 is 5.39. The third-order valence-corrected chi connectivity index (χ3v) is 4.15. The van der Waals surface area contributed by atoms with Crippen LogP contribution in [0.5, 0.6) is 5.75 Å². The summed E-state index contributed by atoms with van der Waals surface area (Å²) in [4.78, 5) is 11.4. The first-order chi connectivity index (χ1) is 11.3. The summed E-state index contributed by atoms with van der Waals surface area (Å²) in [5, 5.41) is 3.42. The van der Waals surface area contributed by atoms with Gasteiger partial charge in [-0.3, -0.25) is 0 Å². The van der Waals surface area contributed by atoms with Crippen molar-refractivity contribution in [3.05, 3.63) is 41.7 Å². The fourth-order valence-electron chi connectivity index (χ4n) is 2.99. The van der Waals surface area contributed by atoms with Crippen LogP contribution < -0.4 is 15.0 Å². The predicted molar refractivity (Wildman–Crippen MR) is 93.4 cm³/mol. The van der Waals surface area contributed by atoms with Gasteiger partial charge in [0, 0.05) is 25.7 Å². The summed E-state index contributed by atoms with van der Waals surface area (Å²) in [6, 6.07) is 10.2. The van der Waals surface area contributed by atoms with Crippen molar-refractivity contribution in [2.24, 2.45) is 0 Å². The van der Waals surface area contributed by atoms with E-state index in [-0.39, 0.29) is 0 Å². The molecule has 1 aliphatic rings. The van der Waals surface area contributed by atoms with Gasteiger partial charge in [-0.2, -0.15) is 0 Å². The lowest BCUT2D eigenvalue weighted by atomic mass is 10.1. The van der Waals surface area contributed by atoms with Crippen molar-refractivity contribution in [3.8, 4) is 5.75 Å². The van der Waals surface area contributed by atoms with E-state index in [0.29, 0.717) is 0 Å². The average Bonchev–Trinajstić information content (AvgIpc) is 3.09. The number of rotatable bonds is 6. The Labute approximate surface area is 137 Å². The highest BCUT2D eigenvalue weighted by atomic mass is 16.5. The molecule has 2 heterocycles. The Kier molecular flexibility index (Phi) is 4.95. The third kappa shape index (κ3) is 3.92. The van der Waals surface area contributed by atoms with E-state index in [0.717, 1.165) is 49.3 Å². The van der Waals surface area contributed by atoms with Crippen molar-refractivity contribution in [3.63, 3.8) is 0 Å². The molecule has 23 heavy (non-hydrogen) atoms. The second kappa shape index (κ2) is 7.31. The smallest absolute Gasteiger partial charge is 0.134 e. The topological polar surface area (TPSA) is 50.3 Å². The molecule has 122 valence electrons. The Hall–Kier alpha value is -2.30. The normalized spacial score (nSPS) is 14.1. The highest BCUT2D eigenvalue weighted by Crippen LogP contribution is 2.21. The molecule has 1 aromatic carbocycles. The number of aryl methyl sites for hydroxylation is 1. The number of hydrogen-bond acceptors (Lipinski definition) is 5. The van der Waals surface area contributed by atoms with E-state index in [4.69, 9.17) is 4.74 Å². The summed E-state index contributed by atoms with van der Waals surface area (Å²) >= 11 is 0. The molecule has 1 aliphatic heterocycles. The number of benzene rings is 1. The van der Waals surface area contributed by atoms with Crippen LogP contribution in [-0.2, 0) is 6.42 Å². The van der Waals surface area contributed by atoms with Gasteiger partial charge < -0.3 is 15.0 Å². The Balaban J connectivity index is 1.63. The van der Waals surface area contributed by atoms with E-state index in [1.54, 1.807) is 7.11 Å². The highest BCUT2D eigenvalue weighted by Gasteiger charge is 2.15. The molecule has 3 rings (SSSR count). The number of para-hydroxylation sites is 1. The van der Waals surface area contributed by atoms with E-state index in [2.05, 4.69) is 32.3 Å². The van der Waals surface area contributed by atoms with Gasteiger partial charge in [0.25, 0.3) is 0 Å². The molecule has 5 nitrogen and oxygen atoms in total. The van der Waals surface area contributed by atoms with E-state index < -0.39 is 0 Å². The summed E-state index contributed by atoms with van der Waals surface area (Å²) in [5.74, 6) is 3.68. The van der Waals surface area contributed by atoms with Gasteiger partial charge >= 0.3 is 0 Å². The van der Waals surface area contributed by atoms with Crippen LogP contribution in [0.2, 0.25) is 0 Å². The first-order valence-corrected chi connectivity index (χ1v) is 8.22. The van der Waals surface area contributed by atoms with Crippen molar-refractivity contribution in [2.75, 3.05) is 37.0 Å².